The fourth-order valence-electron chi connectivity index (χ4n) is 3.33. The van der Waals surface area contributed by atoms with E-state index in [2.05, 4.69) is 4.98 Å². The van der Waals surface area contributed by atoms with E-state index < -0.39 is 0 Å². The van der Waals surface area contributed by atoms with Gasteiger partial charge < -0.3 is 4.74 Å². The topological polar surface area (TPSA) is 55.3 Å². The number of carbonyl (C=O) groups is 1. The van der Waals surface area contributed by atoms with Gasteiger partial charge >= 0.3 is 0 Å². The highest BCUT2D eigenvalue weighted by atomic mass is 32.2. The van der Waals surface area contributed by atoms with Crippen LogP contribution in [0.2, 0.25) is 0 Å². The number of rotatable bonds is 7. The summed E-state index contributed by atoms with van der Waals surface area (Å²) >= 11 is 3.20. The summed E-state index contributed by atoms with van der Waals surface area (Å²) in [6.45, 7) is 2.46. The Morgan fingerprint density at radius 2 is 1.94 bits per heavy atom. The standard InChI is InChI=1S/C24H23N3O2S2/c1-16-6-11-20(29-2)22-23(16)31-24(26-22)27(15-18-5-4-12-25-14-18)21(28)13-17-7-9-19(30-3)10-8-17/h4-12,14H,13,15H2,1-3H3. The van der Waals surface area contributed by atoms with Crippen LogP contribution in [-0.2, 0) is 17.8 Å². The lowest BCUT2D eigenvalue weighted by atomic mass is 10.1. The van der Waals surface area contributed by atoms with Crippen molar-refractivity contribution in [3.05, 3.63) is 77.6 Å². The van der Waals surface area contributed by atoms with E-state index in [4.69, 9.17) is 9.72 Å². The van der Waals surface area contributed by atoms with Gasteiger partial charge in [0, 0.05) is 17.3 Å². The Kier molecular flexibility index (Phi) is 6.53. The van der Waals surface area contributed by atoms with Crippen molar-refractivity contribution < 1.29 is 9.53 Å². The molecule has 0 aliphatic rings. The van der Waals surface area contributed by atoms with Crippen LogP contribution in [0.1, 0.15) is 16.7 Å². The number of hydrogen-bond donors (Lipinski definition) is 0. The van der Waals surface area contributed by atoms with Gasteiger partial charge in [-0.3, -0.25) is 14.7 Å². The summed E-state index contributed by atoms with van der Waals surface area (Å²) in [5.74, 6) is 0.709. The molecule has 0 fully saturated rings. The van der Waals surface area contributed by atoms with Crippen molar-refractivity contribution in [2.24, 2.45) is 0 Å². The summed E-state index contributed by atoms with van der Waals surface area (Å²) < 4.78 is 6.53. The number of aryl methyl sites for hydroxylation is 1. The highest BCUT2D eigenvalue weighted by Gasteiger charge is 2.22. The van der Waals surface area contributed by atoms with Crippen LogP contribution in [0, 0.1) is 6.92 Å². The van der Waals surface area contributed by atoms with Gasteiger partial charge in [0.1, 0.15) is 11.3 Å². The largest absolute Gasteiger partial charge is 0.494 e. The number of nitrogens with zero attached hydrogens (tertiary/aromatic N) is 3. The number of ether oxygens (including phenoxy) is 1. The average Bonchev–Trinajstić information content (AvgIpc) is 3.25. The van der Waals surface area contributed by atoms with E-state index in [1.807, 2.05) is 61.7 Å². The van der Waals surface area contributed by atoms with E-state index in [0.717, 1.165) is 26.9 Å². The van der Waals surface area contributed by atoms with Crippen molar-refractivity contribution in [2.75, 3.05) is 18.3 Å². The monoisotopic (exact) mass is 449 g/mol. The number of hydrogen-bond acceptors (Lipinski definition) is 6. The van der Waals surface area contributed by atoms with Gasteiger partial charge in [0.05, 0.1) is 24.8 Å². The zero-order valence-corrected chi connectivity index (χ0v) is 19.3. The molecule has 0 radical (unpaired) electrons. The third kappa shape index (κ3) is 4.73. The number of carbonyl (C=O) groups excluding carboxylic acids is 1. The molecule has 0 atom stereocenters. The minimum Gasteiger partial charge on any atom is -0.494 e. The lowest BCUT2D eigenvalue weighted by Gasteiger charge is -2.20. The minimum absolute atomic E-state index is 0.00330. The first-order chi connectivity index (χ1) is 15.1. The van der Waals surface area contributed by atoms with Gasteiger partial charge in [-0.15, -0.1) is 11.8 Å². The van der Waals surface area contributed by atoms with Gasteiger partial charge in [-0.2, -0.15) is 0 Å². The second-order valence-corrected chi connectivity index (χ2v) is 8.98. The van der Waals surface area contributed by atoms with Crippen LogP contribution in [0.15, 0.2) is 65.8 Å². The molecule has 5 nitrogen and oxygen atoms in total. The molecule has 0 saturated heterocycles. The van der Waals surface area contributed by atoms with E-state index >= 15 is 0 Å². The van der Waals surface area contributed by atoms with Gasteiger partial charge in [0.2, 0.25) is 5.91 Å². The number of benzene rings is 2. The number of anilines is 1. The molecule has 0 unspecified atom stereocenters. The van der Waals surface area contributed by atoms with Crippen LogP contribution in [-0.4, -0.2) is 29.2 Å². The molecule has 4 rings (SSSR count). The van der Waals surface area contributed by atoms with Crippen molar-refractivity contribution in [1.29, 1.82) is 0 Å². The van der Waals surface area contributed by atoms with E-state index in [-0.39, 0.29) is 5.91 Å². The zero-order valence-electron chi connectivity index (χ0n) is 17.7. The van der Waals surface area contributed by atoms with E-state index in [1.165, 1.54) is 16.2 Å². The maximum Gasteiger partial charge on any atom is 0.233 e. The van der Waals surface area contributed by atoms with Gasteiger partial charge in [-0.05, 0) is 54.1 Å². The quantitative estimate of drug-likeness (QED) is 0.348. The number of pyridine rings is 1. The van der Waals surface area contributed by atoms with Crippen molar-refractivity contribution >= 4 is 44.4 Å². The SMILES string of the molecule is COc1ccc(C)c2sc(N(Cc3cccnc3)C(=O)Cc3ccc(SC)cc3)nc12. The van der Waals surface area contributed by atoms with Crippen LogP contribution >= 0.6 is 23.1 Å². The number of aromatic nitrogens is 2. The number of amides is 1. The molecule has 2 aromatic carbocycles. The fourth-order valence-corrected chi connectivity index (χ4v) is 4.80. The van der Waals surface area contributed by atoms with Crippen molar-refractivity contribution in [2.45, 2.75) is 24.8 Å². The van der Waals surface area contributed by atoms with Crippen molar-refractivity contribution in [1.82, 2.24) is 9.97 Å². The molecule has 0 aliphatic carbocycles. The molecule has 31 heavy (non-hydrogen) atoms. The molecular formula is C24H23N3O2S2. The molecule has 0 aliphatic heterocycles. The van der Waals surface area contributed by atoms with Gasteiger partial charge in [0.25, 0.3) is 0 Å². The first-order valence-corrected chi connectivity index (χ1v) is 11.9. The smallest absolute Gasteiger partial charge is 0.233 e. The van der Waals surface area contributed by atoms with Crippen LogP contribution in [0.25, 0.3) is 10.2 Å². The maximum absolute atomic E-state index is 13.4. The molecule has 2 heterocycles. The lowest BCUT2D eigenvalue weighted by Crippen LogP contribution is -2.31. The summed E-state index contributed by atoms with van der Waals surface area (Å²) in [6, 6.07) is 15.9. The molecule has 7 heteroatoms. The number of fused-ring (bicyclic) bond motifs is 1. The molecule has 0 spiro atoms. The average molecular weight is 450 g/mol. The van der Waals surface area contributed by atoms with Crippen LogP contribution in [0.5, 0.6) is 5.75 Å². The number of methoxy groups -OCH3 is 1. The Balaban J connectivity index is 1.71. The number of thioether (sulfide) groups is 1. The highest BCUT2D eigenvalue weighted by Crippen LogP contribution is 2.37. The Bertz CT molecular complexity index is 1190. The predicted molar refractivity (Wildman–Crippen MR) is 128 cm³/mol. The highest BCUT2D eigenvalue weighted by molar-refractivity contribution is 7.98. The summed E-state index contributed by atoms with van der Waals surface area (Å²) in [5, 5.41) is 0.664. The molecule has 0 saturated carbocycles. The summed E-state index contributed by atoms with van der Waals surface area (Å²) in [7, 11) is 1.64. The van der Waals surface area contributed by atoms with Gasteiger partial charge in [-0.1, -0.05) is 35.6 Å². The third-order valence-electron chi connectivity index (χ3n) is 5.02. The van der Waals surface area contributed by atoms with Crippen LogP contribution in [0.3, 0.4) is 0 Å². The molecule has 2 aromatic heterocycles. The van der Waals surface area contributed by atoms with E-state index in [9.17, 15) is 4.79 Å². The molecule has 1 amide bonds. The fraction of sp³-hybridized carbons (Fsp3) is 0.208. The minimum atomic E-state index is -0.00330. The molecule has 0 bridgehead atoms. The van der Waals surface area contributed by atoms with Crippen molar-refractivity contribution in [3.8, 4) is 5.75 Å². The Hall–Kier alpha value is -2.90. The second-order valence-electron chi connectivity index (χ2n) is 7.12. The number of thiazole rings is 1. The van der Waals surface area contributed by atoms with Gasteiger partial charge in [-0.25, -0.2) is 4.98 Å². The third-order valence-corrected chi connectivity index (χ3v) is 6.98. The predicted octanol–water partition coefficient (Wildman–Crippen LogP) is 5.51. The normalized spacial score (nSPS) is 10.9. The summed E-state index contributed by atoms with van der Waals surface area (Å²) in [5.41, 5.74) is 3.84. The van der Waals surface area contributed by atoms with Crippen molar-refractivity contribution in [3.63, 3.8) is 0 Å². The molecular weight excluding hydrogens is 426 g/mol. The Morgan fingerprint density at radius 1 is 1.13 bits per heavy atom. The molecule has 158 valence electrons. The summed E-state index contributed by atoms with van der Waals surface area (Å²) in [6.07, 6.45) is 5.86. The molecule has 4 aromatic rings. The lowest BCUT2D eigenvalue weighted by molar-refractivity contribution is -0.118. The Labute approximate surface area is 190 Å². The van der Waals surface area contributed by atoms with Gasteiger partial charge in [0.15, 0.2) is 5.13 Å². The first kappa shape index (κ1) is 21.3. The maximum atomic E-state index is 13.4. The second kappa shape index (κ2) is 9.49. The van der Waals surface area contributed by atoms with E-state index in [0.29, 0.717) is 23.8 Å². The van der Waals surface area contributed by atoms with Crippen LogP contribution in [0.4, 0.5) is 5.13 Å². The Morgan fingerprint density at radius 3 is 2.61 bits per heavy atom. The first-order valence-electron chi connectivity index (χ1n) is 9.85. The zero-order chi connectivity index (χ0) is 21.8. The molecule has 0 N–H and O–H groups in total. The van der Waals surface area contributed by atoms with Crippen LogP contribution < -0.4 is 9.64 Å². The summed E-state index contributed by atoms with van der Waals surface area (Å²) in [4.78, 5) is 25.4. The van der Waals surface area contributed by atoms with E-state index in [1.54, 1.807) is 36.2 Å².